The van der Waals surface area contributed by atoms with Crippen molar-refractivity contribution in [2.24, 2.45) is 5.92 Å². The largest absolute Gasteiger partial charge is 0.299 e. The first-order chi connectivity index (χ1) is 6.61. The summed E-state index contributed by atoms with van der Waals surface area (Å²) in [4.78, 5) is 21.1. The number of carbonyl (C=O) groups excluding carboxylic acids is 2. The lowest BCUT2D eigenvalue weighted by molar-refractivity contribution is -0.120. The van der Waals surface area contributed by atoms with Crippen molar-refractivity contribution in [1.29, 1.82) is 0 Å². The molecule has 2 rings (SSSR count). The molecule has 0 N–H and O–H groups in total. The van der Waals surface area contributed by atoms with Crippen molar-refractivity contribution in [3.8, 4) is 0 Å². The summed E-state index contributed by atoms with van der Waals surface area (Å²) in [5.41, 5.74) is 0.944. The molecule has 78 valence electrons. The molecule has 1 atom stereocenters. The molecule has 0 bridgehead atoms. The van der Waals surface area contributed by atoms with Crippen LogP contribution in [0.4, 0.5) is 0 Å². The number of allylic oxidation sites excluding steroid dienone is 2. The molecule has 0 radical (unpaired) electrons. The van der Waals surface area contributed by atoms with E-state index >= 15 is 0 Å². The summed E-state index contributed by atoms with van der Waals surface area (Å²) in [6.45, 7) is 3.88. The van der Waals surface area contributed by atoms with E-state index < -0.39 is 0 Å². The van der Waals surface area contributed by atoms with Crippen LogP contribution < -0.4 is 0 Å². The van der Waals surface area contributed by atoms with E-state index in [1.165, 1.54) is 0 Å². The second kappa shape index (κ2) is 5.08. The average molecular weight is 194 g/mol. The fraction of sp³-hybridized carbons (Fsp3) is 0.667. The van der Waals surface area contributed by atoms with Crippen molar-refractivity contribution >= 4 is 11.6 Å². The van der Waals surface area contributed by atoms with Crippen LogP contribution in [0.25, 0.3) is 0 Å². The molecule has 14 heavy (non-hydrogen) atoms. The molecule has 0 aromatic carbocycles. The number of carbonyl (C=O) groups is 2. The zero-order valence-corrected chi connectivity index (χ0v) is 9.01. The second-order valence-electron chi connectivity index (χ2n) is 4.11. The minimum absolute atomic E-state index is 0.319. The van der Waals surface area contributed by atoms with Crippen molar-refractivity contribution < 1.29 is 9.59 Å². The van der Waals surface area contributed by atoms with Gasteiger partial charge in [0.2, 0.25) is 0 Å². The Bertz CT molecular complexity index is 263. The Morgan fingerprint density at radius 2 is 2.00 bits per heavy atom. The maximum absolute atomic E-state index is 10.6. The van der Waals surface area contributed by atoms with Crippen molar-refractivity contribution in [1.82, 2.24) is 0 Å². The van der Waals surface area contributed by atoms with Crippen LogP contribution in [0.2, 0.25) is 0 Å². The van der Waals surface area contributed by atoms with Gasteiger partial charge in [0.05, 0.1) is 0 Å². The van der Waals surface area contributed by atoms with Crippen molar-refractivity contribution in [3.05, 3.63) is 11.6 Å². The molecule has 1 unspecified atom stereocenters. The first-order valence-electron chi connectivity index (χ1n) is 5.34. The molecular weight excluding hydrogens is 176 g/mol. The van der Waals surface area contributed by atoms with Crippen LogP contribution in [0.1, 0.15) is 46.0 Å². The minimum Gasteiger partial charge on any atom is -0.299 e. The highest BCUT2D eigenvalue weighted by atomic mass is 16.1. The number of hydrogen-bond donors (Lipinski definition) is 0. The molecule has 0 aromatic rings. The third-order valence-corrected chi connectivity index (χ3v) is 2.87. The van der Waals surface area contributed by atoms with Gasteiger partial charge in [0.1, 0.15) is 5.78 Å². The van der Waals surface area contributed by atoms with Gasteiger partial charge in [-0.05, 0) is 31.8 Å². The van der Waals surface area contributed by atoms with Gasteiger partial charge >= 0.3 is 0 Å². The van der Waals surface area contributed by atoms with Crippen LogP contribution in [0.5, 0.6) is 0 Å². The molecule has 2 nitrogen and oxygen atoms in total. The van der Waals surface area contributed by atoms with Gasteiger partial charge in [0.15, 0.2) is 5.78 Å². The number of Topliss-reactive ketones (excluding diaryl/α,β-unsaturated/α-hetero) is 2. The Hall–Kier alpha value is -0.920. The lowest BCUT2D eigenvalue weighted by atomic mass is 10.1. The molecular formula is C12H18O2. The smallest absolute Gasteiger partial charge is 0.158 e. The topological polar surface area (TPSA) is 34.1 Å². The SMILES string of the molecule is CC1=CCCC1=O.CC1CCCC1=O. The fourth-order valence-electron chi connectivity index (χ4n) is 1.72. The van der Waals surface area contributed by atoms with Gasteiger partial charge in [-0.25, -0.2) is 0 Å². The molecule has 2 heteroatoms. The first kappa shape index (κ1) is 11.2. The summed E-state index contributed by atoms with van der Waals surface area (Å²) in [5, 5.41) is 0. The Kier molecular flexibility index (Phi) is 4.05. The summed E-state index contributed by atoms with van der Waals surface area (Å²) in [5.74, 6) is 1.15. The number of rotatable bonds is 0. The number of hydrogen-bond acceptors (Lipinski definition) is 2. The summed E-state index contributed by atoms with van der Waals surface area (Å²) in [6, 6.07) is 0. The minimum atomic E-state index is 0.319. The standard InChI is InChI=1S/C6H10O.C6H8O/c2*1-5-3-2-4-6(5)7/h5H,2-4H2,1H3;3H,2,4H2,1H3. The van der Waals surface area contributed by atoms with Crippen molar-refractivity contribution in [2.75, 3.05) is 0 Å². The Balaban J connectivity index is 0.000000140. The zero-order chi connectivity index (χ0) is 10.6. The highest BCUT2D eigenvalue weighted by Gasteiger charge is 2.18. The van der Waals surface area contributed by atoms with Crippen LogP contribution >= 0.6 is 0 Å². The highest BCUT2D eigenvalue weighted by molar-refractivity contribution is 5.96. The second-order valence-corrected chi connectivity index (χ2v) is 4.11. The van der Waals surface area contributed by atoms with E-state index in [0.717, 1.165) is 37.7 Å². The molecule has 1 saturated carbocycles. The van der Waals surface area contributed by atoms with Gasteiger partial charge in [-0.1, -0.05) is 13.0 Å². The normalized spacial score (nSPS) is 25.9. The van der Waals surface area contributed by atoms with Gasteiger partial charge in [-0.15, -0.1) is 0 Å². The third-order valence-electron chi connectivity index (χ3n) is 2.87. The van der Waals surface area contributed by atoms with Crippen LogP contribution in [0.3, 0.4) is 0 Å². The Morgan fingerprint density at radius 1 is 1.29 bits per heavy atom. The van der Waals surface area contributed by atoms with Gasteiger partial charge in [0, 0.05) is 18.8 Å². The lowest BCUT2D eigenvalue weighted by Crippen LogP contribution is -1.98. The third kappa shape index (κ3) is 3.09. The monoisotopic (exact) mass is 194 g/mol. The fourth-order valence-corrected chi connectivity index (χ4v) is 1.72. The summed E-state index contributed by atoms with van der Waals surface area (Å²) in [7, 11) is 0. The molecule has 0 aliphatic heterocycles. The van der Waals surface area contributed by atoms with E-state index in [9.17, 15) is 9.59 Å². The highest BCUT2D eigenvalue weighted by Crippen LogP contribution is 2.19. The Morgan fingerprint density at radius 3 is 2.14 bits per heavy atom. The molecule has 2 aliphatic rings. The molecule has 0 spiro atoms. The quantitative estimate of drug-likeness (QED) is 0.594. The van der Waals surface area contributed by atoms with Crippen LogP contribution in [0, 0.1) is 5.92 Å². The molecule has 2 aliphatic carbocycles. The van der Waals surface area contributed by atoms with Gasteiger partial charge in [-0.3, -0.25) is 9.59 Å². The van der Waals surface area contributed by atoms with E-state index in [4.69, 9.17) is 0 Å². The van der Waals surface area contributed by atoms with E-state index in [1.54, 1.807) is 0 Å². The number of ketones is 2. The first-order valence-corrected chi connectivity index (χ1v) is 5.34. The van der Waals surface area contributed by atoms with Gasteiger partial charge in [0.25, 0.3) is 0 Å². The molecule has 0 saturated heterocycles. The van der Waals surface area contributed by atoms with Crippen molar-refractivity contribution in [2.45, 2.75) is 46.0 Å². The van der Waals surface area contributed by atoms with E-state index in [-0.39, 0.29) is 0 Å². The molecule has 0 heterocycles. The summed E-state index contributed by atoms with van der Waals surface area (Å²) < 4.78 is 0. The maximum Gasteiger partial charge on any atom is 0.158 e. The predicted molar refractivity (Wildman–Crippen MR) is 56.0 cm³/mol. The summed E-state index contributed by atoms with van der Waals surface area (Å²) in [6.07, 6.45) is 6.78. The van der Waals surface area contributed by atoms with E-state index in [1.807, 2.05) is 19.9 Å². The lowest BCUT2D eigenvalue weighted by Gasteiger charge is -1.91. The van der Waals surface area contributed by atoms with Crippen LogP contribution in [-0.4, -0.2) is 11.6 Å². The molecule has 0 aromatic heterocycles. The van der Waals surface area contributed by atoms with E-state index in [2.05, 4.69) is 0 Å². The van der Waals surface area contributed by atoms with Crippen LogP contribution in [-0.2, 0) is 9.59 Å². The zero-order valence-electron chi connectivity index (χ0n) is 9.01. The van der Waals surface area contributed by atoms with Crippen molar-refractivity contribution in [3.63, 3.8) is 0 Å². The van der Waals surface area contributed by atoms with E-state index in [0.29, 0.717) is 17.5 Å². The molecule has 1 fully saturated rings. The van der Waals surface area contributed by atoms with Gasteiger partial charge < -0.3 is 0 Å². The predicted octanol–water partition coefficient (Wildman–Crippen LogP) is 2.67. The maximum atomic E-state index is 10.6. The Labute approximate surface area is 85.4 Å². The van der Waals surface area contributed by atoms with Gasteiger partial charge in [-0.2, -0.15) is 0 Å². The average Bonchev–Trinajstić information content (AvgIpc) is 2.67. The summed E-state index contributed by atoms with van der Waals surface area (Å²) >= 11 is 0. The van der Waals surface area contributed by atoms with Crippen LogP contribution in [0.15, 0.2) is 11.6 Å². The molecule has 0 amide bonds.